The Labute approximate surface area is 126 Å². The molecule has 1 aliphatic rings. The molecule has 3 rings (SSSR count). The summed E-state index contributed by atoms with van der Waals surface area (Å²) in [7, 11) is 0. The molecular formula is C18H22N2O. The van der Waals surface area contributed by atoms with Crippen molar-refractivity contribution in [3.8, 4) is 5.75 Å². The number of nitrogens with one attached hydrogen (secondary N) is 1. The number of hydrogen-bond acceptors (Lipinski definition) is 3. The molecule has 3 heteroatoms. The predicted molar refractivity (Wildman–Crippen MR) is 84.8 cm³/mol. The molecule has 1 aromatic carbocycles. The molecule has 0 saturated heterocycles. The van der Waals surface area contributed by atoms with Crippen molar-refractivity contribution in [1.82, 2.24) is 10.3 Å². The minimum absolute atomic E-state index is 0.150. The molecule has 1 aromatic heterocycles. The number of benzene rings is 1. The number of nitrogens with zero attached hydrogens (tertiary/aromatic N) is 1. The van der Waals surface area contributed by atoms with Gasteiger partial charge in [0, 0.05) is 12.6 Å². The molecule has 0 bridgehead atoms. The summed E-state index contributed by atoms with van der Waals surface area (Å²) in [5, 5.41) is 3.63. The fraction of sp³-hybridized carbons (Fsp3) is 0.389. The number of hydrogen-bond donors (Lipinski definition) is 1. The van der Waals surface area contributed by atoms with E-state index in [9.17, 15) is 0 Å². The van der Waals surface area contributed by atoms with E-state index >= 15 is 0 Å². The van der Waals surface area contributed by atoms with Crippen LogP contribution in [-0.4, -0.2) is 18.1 Å². The molecular weight excluding hydrogens is 260 g/mol. The van der Waals surface area contributed by atoms with Crippen molar-refractivity contribution in [2.24, 2.45) is 0 Å². The summed E-state index contributed by atoms with van der Waals surface area (Å²) in [6.45, 7) is 6.09. The first-order chi connectivity index (χ1) is 10.3. The minimum Gasteiger partial charge on any atom is -0.493 e. The SMILES string of the molecule is CCCNC(c1ccc2c(c1)CCO2)c1ncccc1C. The van der Waals surface area contributed by atoms with Crippen LogP contribution in [0.3, 0.4) is 0 Å². The zero-order valence-electron chi connectivity index (χ0n) is 12.7. The third-order valence-electron chi connectivity index (χ3n) is 3.97. The highest BCUT2D eigenvalue weighted by atomic mass is 16.5. The van der Waals surface area contributed by atoms with Gasteiger partial charge < -0.3 is 10.1 Å². The molecule has 2 heterocycles. The Hall–Kier alpha value is -1.87. The lowest BCUT2D eigenvalue weighted by molar-refractivity contribution is 0.357. The quantitative estimate of drug-likeness (QED) is 0.912. The molecule has 1 atom stereocenters. The lowest BCUT2D eigenvalue weighted by atomic mass is 9.97. The van der Waals surface area contributed by atoms with E-state index in [4.69, 9.17) is 4.74 Å². The topological polar surface area (TPSA) is 34.1 Å². The molecule has 2 aromatic rings. The van der Waals surface area contributed by atoms with Crippen LogP contribution < -0.4 is 10.1 Å². The van der Waals surface area contributed by atoms with Gasteiger partial charge in [-0.1, -0.05) is 25.1 Å². The van der Waals surface area contributed by atoms with Gasteiger partial charge in [-0.05, 0) is 48.7 Å². The van der Waals surface area contributed by atoms with Crippen LogP contribution in [0.2, 0.25) is 0 Å². The molecule has 0 saturated carbocycles. The molecule has 21 heavy (non-hydrogen) atoms. The third kappa shape index (κ3) is 2.93. The Balaban J connectivity index is 1.97. The van der Waals surface area contributed by atoms with Gasteiger partial charge in [-0.2, -0.15) is 0 Å². The predicted octanol–water partition coefficient (Wildman–Crippen LogP) is 3.41. The van der Waals surface area contributed by atoms with Gasteiger partial charge in [-0.15, -0.1) is 0 Å². The molecule has 110 valence electrons. The molecule has 0 fully saturated rings. The van der Waals surface area contributed by atoms with E-state index in [0.717, 1.165) is 37.4 Å². The van der Waals surface area contributed by atoms with Crippen LogP contribution in [0, 0.1) is 6.92 Å². The first-order valence-electron chi connectivity index (χ1n) is 7.70. The lowest BCUT2D eigenvalue weighted by Crippen LogP contribution is -2.25. The van der Waals surface area contributed by atoms with Crippen LogP contribution in [0.25, 0.3) is 0 Å². The van der Waals surface area contributed by atoms with Crippen LogP contribution in [0.1, 0.15) is 41.8 Å². The Kier molecular flexibility index (Phi) is 4.20. The summed E-state index contributed by atoms with van der Waals surface area (Å²) in [5.41, 5.74) is 4.92. The summed E-state index contributed by atoms with van der Waals surface area (Å²) < 4.78 is 5.61. The zero-order valence-corrected chi connectivity index (χ0v) is 12.7. The maximum absolute atomic E-state index is 5.61. The van der Waals surface area contributed by atoms with Crippen LogP contribution in [0.5, 0.6) is 5.75 Å². The highest BCUT2D eigenvalue weighted by Gasteiger charge is 2.20. The second-order valence-electron chi connectivity index (χ2n) is 5.56. The smallest absolute Gasteiger partial charge is 0.122 e. The molecule has 3 nitrogen and oxygen atoms in total. The van der Waals surface area contributed by atoms with Gasteiger partial charge in [0.1, 0.15) is 5.75 Å². The summed E-state index contributed by atoms with van der Waals surface area (Å²) in [4.78, 5) is 4.61. The highest BCUT2D eigenvalue weighted by molar-refractivity contribution is 5.43. The largest absolute Gasteiger partial charge is 0.493 e. The maximum atomic E-state index is 5.61. The maximum Gasteiger partial charge on any atom is 0.122 e. The Morgan fingerprint density at radius 2 is 2.24 bits per heavy atom. The van der Waals surface area contributed by atoms with Gasteiger partial charge in [0.2, 0.25) is 0 Å². The summed E-state index contributed by atoms with van der Waals surface area (Å²) >= 11 is 0. The first-order valence-corrected chi connectivity index (χ1v) is 7.70. The average Bonchev–Trinajstić information content (AvgIpc) is 2.97. The molecule has 0 spiro atoms. The number of aryl methyl sites for hydroxylation is 1. The number of fused-ring (bicyclic) bond motifs is 1. The van der Waals surface area contributed by atoms with Gasteiger partial charge in [-0.3, -0.25) is 4.98 Å². The van der Waals surface area contributed by atoms with Crippen molar-refractivity contribution >= 4 is 0 Å². The Morgan fingerprint density at radius 3 is 3.05 bits per heavy atom. The standard InChI is InChI=1S/C18H22N2O/c1-3-9-19-18(17-13(2)5-4-10-20-17)15-6-7-16-14(12-15)8-11-21-16/h4-7,10,12,18-19H,3,8-9,11H2,1-2H3. The summed E-state index contributed by atoms with van der Waals surface area (Å²) in [5.74, 6) is 1.03. The van der Waals surface area contributed by atoms with E-state index in [-0.39, 0.29) is 6.04 Å². The molecule has 1 N–H and O–H groups in total. The Morgan fingerprint density at radius 1 is 1.33 bits per heavy atom. The number of rotatable bonds is 5. The number of pyridine rings is 1. The fourth-order valence-corrected chi connectivity index (χ4v) is 2.85. The second kappa shape index (κ2) is 6.27. The third-order valence-corrected chi connectivity index (χ3v) is 3.97. The van der Waals surface area contributed by atoms with E-state index in [1.165, 1.54) is 16.7 Å². The van der Waals surface area contributed by atoms with E-state index in [2.05, 4.69) is 48.4 Å². The molecule has 0 radical (unpaired) electrons. The monoisotopic (exact) mass is 282 g/mol. The van der Waals surface area contributed by atoms with Crippen molar-refractivity contribution in [1.29, 1.82) is 0 Å². The highest BCUT2D eigenvalue weighted by Crippen LogP contribution is 2.30. The van der Waals surface area contributed by atoms with Gasteiger partial charge in [0.05, 0.1) is 18.3 Å². The van der Waals surface area contributed by atoms with Crippen LogP contribution in [0.15, 0.2) is 36.5 Å². The number of aromatic nitrogens is 1. The fourth-order valence-electron chi connectivity index (χ4n) is 2.85. The zero-order chi connectivity index (χ0) is 14.7. The molecule has 0 amide bonds. The van der Waals surface area contributed by atoms with Crippen molar-refractivity contribution in [2.75, 3.05) is 13.2 Å². The van der Waals surface area contributed by atoms with Crippen molar-refractivity contribution in [3.05, 3.63) is 58.9 Å². The first kappa shape index (κ1) is 14.1. The van der Waals surface area contributed by atoms with E-state index < -0.39 is 0 Å². The van der Waals surface area contributed by atoms with Crippen LogP contribution >= 0.6 is 0 Å². The van der Waals surface area contributed by atoms with Crippen molar-refractivity contribution < 1.29 is 4.74 Å². The normalized spacial score (nSPS) is 14.6. The minimum atomic E-state index is 0.150. The Bertz CT molecular complexity index is 624. The summed E-state index contributed by atoms with van der Waals surface area (Å²) in [6.07, 6.45) is 3.99. The molecule has 1 unspecified atom stereocenters. The van der Waals surface area contributed by atoms with Crippen molar-refractivity contribution in [3.63, 3.8) is 0 Å². The van der Waals surface area contributed by atoms with Crippen molar-refractivity contribution in [2.45, 2.75) is 32.7 Å². The van der Waals surface area contributed by atoms with E-state index in [0.29, 0.717) is 0 Å². The van der Waals surface area contributed by atoms with Gasteiger partial charge >= 0.3 is 0 Å². The molecule has 1 aliphatic heterocycles. The van der Waals surface area contributed by atoms with Crippen LogP contribution in [0.4, 0.5) is 0 Å². The van der Waals surface area contributed by atoms with Gasteiger partial charge in [0.25, 0.3) is 0 Å². The second-order valence-corrected chi connectivity index (χ2v) is 5.56. The summed E-state index contributed by atoms with van der Waals surface area (Å²) in [6, 6.07) is 10.8. The van der Waals surface area contributed by atoms with E-state index in [1.54, 1.807) is 0 Å². The lowest BCUT2D eigenvalue weighted by Gasteiger charge is -2.21. The average molecular weight is 282 g/mol. The van der Waals surface area contributed by atoms with E-state index in [1.807, 2.05) is 12.3 Å². The molecule has 0 aliphatic carbocycles. The van der Waals surface area contributed by atoms with Crippen LogP contribution in [-0.2, 0) is 6.42 Å². The van der Waals surface area contributed by atoms with Gasteiger partial charge in [-0.25, -0.2) is 0 Å². The number of ether oxygens (including phenoxy) is 1. The van der Waals surface area contributed by atoms with Gasteiger partial charge in [0.15, 0.2) is 0 Å².